The second-order valence-corrected chi connectivity index (χ2v) is 6.18. The Bertz CT molecular complexity index is 696. The second kappa shape index (κ2) is 9.76. The maximum Gasteiger partial charge on any atom is 0.290 e. The van der Waals surface area contributed by atoms with Gasteiger partial charge in [-0.1, -0.05) is 6.07 Å². The van der Waals surface area contributed by atoms with E-state index in [2.05, 4.69) is 10.1 Å². The van der Waals surface area contributed by atoms with Crippen LogP contribution in [0.1, 0.15) is 43.0 Å². The van der Waals surface area contributed by atoms with Crippen LogP contribution in [0.4, 0.5) is 0 Å². The average molecular weight is 362 g/mol. The van der Waals surface area contributed by atoms with Gasteiger partial charge in [-0.3, -0.25) is 4.79 Å². The summed E-state index contributed by atoms with van der Waals surface area (Å²) in [6.07, 6.45) is 5.95. The molecule has 8 heteroatoms. The molecule has 8 nitrogen and oxygen atoms in total. The van der Waals surface area contributed by atoms with Gasteiger partial charge in [-0.05, 0) is 43.4 Å². The van der Waals surface area contributed by atoms with Gasteiger partial charge in [0.05, 0.1) is 20.8 Å². The number of benzene rings is 1. The maximum atomic E-state index is 8.36. The maximum absolute atomic E-state index is 8.36. The van der Waals surface area contributed by atoms with Crippen LogP contribution in [-0.4, -0.2) is 46.6 Å². The molecule has 1 fully saturated rings. The lowest BCUT2D eigenvalue weighted by atomic mass is 9.86. The minimum absolute atomic E-state index is 0.250. The van der Waals surface area contributed by atoms with Crippen molar-refractivity contribution in [2.24, 2.45) is 5.73 Å². The summed E-state index contributed by atoms with van der Waals surface area (Å²) in [4.78, 5) is 12.9. The van der Waals surface area contributed by atoms with Gasteiger partial charge in [-0.2, -0.15) is 5.10 Å². The highest BCUT2D eigenvalue weighted by atomic mass is 16.5. The quantitative estimate of drug-likeness (QED) is 0.783. The number of nitrogens with zero attached hydrogens (tertiary/aromatic N) is 3. The molecule has 142 valence electrons. The molecule has 1 aliphatic carbocycles. The van der Waals surface area contributed by atoms with E-state index in [-0.39, 0.29) is 6.47 Å². The van der Waals surface area contributed by atoms with Crippen LogP contribution in [0.5, 0.6) is 11.5 Å². The van der Waals surface area contributed by atoms with Gasteiger partial charge in [0, 0.05) is 12.0 Å². The minimum atomic E-state index is -0.250. The molecule has 3 rings (SSSR count). The highest BCUT2D eigenvalue weighted by molar-refractivity contribution is 5.42. The molecule has 26 heavy (non-hydrogen) atoms. The molecule has 0 unspecified atom stereocenters. The normalized spacial score (nSPS) is 19.2. The molecule has 2 aromatic rings. The van der Waals surface area contributed by atoms with Crippen LogP contribution >= 0.6 is 0 Å². The average Bonchev–Trinajstić information content (AvgIpc) is 3.11. The predicted octanol–water partition coefficient (Wildman–Crippen LogP) is 2.03. The first-order valence-corrected chi connectivity index (χ1v) is 8.55. The monoisotopic (exact) mass is 362 g/mol. The first-order valence-electron chi connectivity index (χ1n) is 8.55. The highest BCUT2D eigenvalue weighted by Gasteiger charge is 2.24. The van der Waals surface area contributed by atoms with Gasteiger partial charge in [0.15, 0.2) is 11.5 Å². The molecular formula is C18H26N4O4. The molecule has 0 bridgehead atoms. The largest absolute Gasteiger partial charge is 0.493 e. The smallest absolute Gasteiger partial charge is 0.290 e. The van der Waals surface area contributed by atoms with Crippen molar-refractivity contribution in [3.63, 3.8) is 0 Å². The molecule has 0 amide bonds. The van der Waals surface area contributed by atoms with Crippen LogP contribution in [0.15, 0.2) is 24.5 Å². The van der Waals surface area contributed by atoms with Gasteiger partial charge < -0.3 is 20.3 Å². The molecule has 1 heterocycles. The molecule has 1 aliphatic rings. The predicted molar refractivity (Wildman–Crippen MR) is 96.5 cm³/mol. The standard InChI is InChI=1S/C17H24N4O2.CH2O2/c1-22-15-8-3-12(9-16(15)23-2)10-21-17(19-11-20-21)13-4-6-14(18)7-5-13;2-1-3/h3,8-9,11,13-14H,4-7,10,18H2,1-2H3;1H,(H,2,3). The van der Waals surface area contributed by atoms with Crippen LogP contribution in [0.25, 0.3) is 0 Å². The van der Waals surface area contributed by atoms with Crippen molar-refractivity contribution >= 4 is 6.47 Å². The second-order valence-electron chi connectivity index (χ2n) is 6.18. The fraction of sp³-hybridized carbons (Fsp3) is 0.500. The van der Waals surface area contributed by atoms with E-state index in [0.29, 0.717) is 18.5 Å². The lowest BCUT2D eigenvalue weighted by molar-refractivity contribution is -0.122. The zero-order valence-electron chi connectivity index (χ0n) is 15.2. The Kier molecular flexibility index (Phi) is 7.40. The lowest BCUT2D eigenvalue weighted by Gasteiger charge is -2.25. The summed E-state index contributed by atoms with van der Waals surface area (Å²) in [5.74, 6) is 2.98. The molecule has 0 atom stereocenters. The van der Waals surface area contributed by atoms with Crippen molar-refractivity contribution in [1.82, 2.24) is 14.8 Å². The third-order valence-electron chi connectivity index (χ3n) is 4.56. The van der Waals surface area contributed by atoms with Crippen molar-refractivity contribution in [3.05, 3.63) is 35.9 Å². The van der Waals surface area contributed by atoms with Gasteiger partial charge in [-0.15, -0.1) is 0 Å². The van der Waals surface area contributed by atoms with Crippen molar-refractivity contribution in [2.75, 3.05) is 14.2 Å². The Morgan fingerprint density at radius 1 is 1.23 bits per heavy atom. The third kappa shape index (κ3) is 4.95. The molecule has 0 radical (unpaired) electrons. The number of ether oxygens (including phenoxy) is 2. The fourth-order valence-electron chi connectivity index (χ4n) is 3.24. The van der Waals surface area contributed by atoms with Gasteiger partial charge >= 0.3 is 0 Å². The highest BCUT2D eigenvalue weighted by Crippen LogP contribution is 2.32. The molecule has 1 aromatic heterocycles. The minimum Gasteiger partial charge on any atom is -0.493 e. The van der Waals surface area contributed by atoms with Gasteiger partial charge in [0.2, 0.25) is 0 Å². The Balaban J connectivity index is 0.000000758. The summed E-state index contributed by atoms with van der Waals surface area (Å²) >= 11 is 0. The van der Waals surface area contributed by atoms with E-state index in [1.54, 1.807) is 20.5 Å². The Labute approximate surface area is 152 Å². The summed E-state index contributed by atoms with van der Waals surface area (Å²) < 4.78 is 12.6. The fourth-order valence-corrected chi connectivity index (χ4v) is 3.24. The summed E-state index contributed by atoms with van der Waals surface area (Å²) in [6.45, 7) is 0.429. The Morgan fingerprint density at radius 2 is 1.88 bits per heavy atom. The lowest BCUT2D eigenvalue weighted by Crippen LogP contribution is -2.27. The molecule has 1 aromatic carbocycles. The van der Waals surface area contributed by atoms with E-state index < -0.39 is 0 Å². The molecule has 0 saturated heterocycles. The van der Waals surface area contributed by atoms with Crippen LogP contribution in [0, 0.1) is 0 Å². The molecule has 1 saturated carbocycles. The topological polar surface area (TPSA) is 112 Å². The Morgan fingerprint density at radius 3 is 2.50 bits per heavy atom. The first kappa shape index (κ1) is 19.7. The summed E-state index contributed by atoms with van der Waals surface area (Å²) in [6, 6.07) is 6.28. The number of carbonyl (C=O) groups is 1. The van der Waals surface area contributed by atoms with Crippen molar-refractivity contribution in [1.29, 1.82) is 0 Å². The molecular weight excluding hydrogens is 336 g/mol. The summed E-state index contributed by atoms with van der Waals surface area (Å²) in [5.41, 5.74) is 7.12. The van der Waals surface area contributed by atoms with E-state index >= 15 is 0 Å². The van der Waals surface area contributed by atoms with E-state index in [1.165, 1.54) is 0 Å². The number of carboxylic acid groups (broad SMARTS) is 1. The van der Waals surface area contributed by atoms with E-state index in [9.17, 15) is 0 Å². The third-order valence-corrected chi connectivity index (χ3v) is 4.56. The van der Waals surface area contributed by atoms with Crippen molar-refractivity contribution < 1.29 is 19.4 Å². The van der Waals surface area contributed by atoms with Gasteiger partial charge in [0.1, 0.15) is 12.2 Å². The number of aromatic nitrogens is 3. The Hall–Kier alpha value is -2.61. The number of methoxy groups -OCH3 is 2. The molecule has 0 spiro atoms. The summed E-state index contributed by atoms with van der Waals surface area (Å²) in [7, 11) is 3.29. The number of hydrogen-bond acceptors (Lipinski definition) is 6. The zero-order valence-corrected chi connectivity index (χ0v) is 15.2. The number of rotatable bonds is 5. The van der Waals surface area contributed by atoms with Gasteiger partial charge in [0.25, 0.3) is 6.47 Å². The number of hydrogen-bond donors (Lipinski definition) is 2. The van der Waals surface area contributed by atoms with Crippen molar-refractivity contribution in [3.8, 4) is 11.5 Å². The number of nitrogens with two attached hydrogens (primary N) is 1. The van der Waals surface area contributed by atoms with Crippen LogP contribution < -0.4 is 15.2 Å². The zero-order chi connectivity index (χ0) is 18.9. The van der Waals surface area contributed by atoms with E-state index in [1.807, 2.05) is 22.9 Å². The molecule has 0 aliphatic heterocycles. The summed E-state index contributed by atoms with van der Waals surface area (Å²) in [5, 5.41) is 11.3. The van der Waals surface area contributed by atoms with E-state index in [0.717, 1.165) is 48.6 Å². The SMILES string of the molecule is COc1ccc(Cn2ncnc2C2CCC(N)CC2)cc1OC.O=CO. The van der Waals surface area contributed by atoms with Crippen molar-refractivity contribution in [2.45, 2.75) is 44.2 Å². The van der Waals surface area contributed by atoms with Crippen LogP contribution in [0.3, 0.4) is 0 Å². The van der Waals surface area contributed by atoms with Crippen LogP contribution in [-0.2, 0) is 11.3 Å². The first-order chi connectivity index (χ1) is 12.6. The molecule has 3 N–H and O–H groups in total. The van der Waals surface area contributed by atoms with Crippen LogP contribution in [0.2, 0.25) is 0 Å². The van der Waals surface area contributed by atoms with E-state index in [4.69, 9.17) is 25.1 Å². The van der Waals surface area contributed by atoms with Gasteiger partial charge in [-0.25, -0.2) is 9.67 Å².